The molecule has 0 radical (unpaired) electrons. The van der Waals surface area contributed by atoms with E-state index in [0.29, 0.717) is 17.3 Å². The van der Waals surface area contributed by atoms with E-state index in [0.717, 1.165) is 18.7 Å². The summed E-state index contributed by atoms with van der Waals surface area (Å²) in [6, 6.07) is 8.42. The quantitative estimate of drug-likeness (QED) is 0.778. The van der Waals surface area contributed by atoms with Gasteiger partial charge in [-0.2, -0.15) is 10.1 Å². The van der Waals surface area contributed by atoms with Crippen molar-refractivity contribution >= 4 is 5.82 Å². The van der Waals surface area contributed by atoms with Crippen LogP contribution in [0, 0.1) is 0 Å². The van der Waals surface area contributed by atoms with E-state index in [1.807, 2.05) is 0 Å². The van der Waals surface area contributed by atoms with Crippen LogP contribution in [0.15, 0.2) is 35.0 Å². The number of fused-ring (bicyclic) bond motifs is 1. The molecule has 2 N–H and O–H groups in total. The lowest BCUT2D eigenvalue weighted by Crippen LogP contribution is -1.99. The molecule has 21 heavy (non-hydrogen) atoms. The maximum atomic E-state index is 5.95. The Hall–Kier alpha value is -2.63. The van der Waals surface area contributed by atoms with Crippen LogP contribution in [0.5, 0.6) is 0 Å². The van der Waals surface area contributed by atoms with Gasteiger partial charge in [0.2, 0.25) is 0 Å². The van der Waals surface area contributed by atoms with E-state index < -0.39 is 0 Å². The number of nitrogens with zero attached hydrogens (tertiary/aromatic N) is 4. The Morgan fingerprint density at radius 2 is 2.19 bits per heavy atom. The van der Waals surface area contributed by atoms with Crippen molar-refractivity contribution < 1.29 is 4.52 Å². The molecule has 6 heteroatoms. The zero-order chi connectivity index (χ0) is 14.4. The van der Waals surface area contributed by atoms with Gasteiger partial charge in [-0.05, 0) is 24.0 Å². The van der Waals surface area contributed by atoms with E-state index in [1.165, 1.54) is 11.1 Å². The van der Waals surface area contributed by atoms with Crippen molar-refractivity contribution in [3.63, 3.8) is 0 Å². The highest BCUT2D eigenvalue weighted by molar-refractivity contribution is 5.66. The third kappa shape index (κ3) is 1.83. The van der Waals surface area contributed by atoms with Crippen molar-refractivity contribution in [1.29, 1.82) is 0 Å². The van der Waals surface area contributed by atoms with Crippen LogP contribution in [0.3, 0.4) is 0 Å². The SMILES string of the molecule is Cn1ncc(-c2nc(C3CCc4ccccc43)no2)c1N. The van der Waals surface area contributed by atoms with E-state index in [2.05, 4.69) is 39.5 Å². The van der Waals surface area contributed by atoms with Crippen molar-refractivity contribution in [2.75, 3.05) is 5.73 Å². The molecule has 0 fully saturated rings. The van der Waals surface area contributed by atoms with Crippen LogP contribution in [-0.4, -0.2) is 19.9 Å². The predicted octanol–water partition coefficient (Wildman–Crippen LogP) is 2.13. The maximum absolute atomic E-state index is 5.95. The molecular weight excluding hydrogens is 266 g/mol. The number of aryl methyl sites for hydroxylation is 2. The van der Waals surface area contributed by atoms with Crippen LogP contribution >= 0.6 is 0 Å². The Labute approximate surface area is 121 Å². The van der Waals surface area contributed by atoms with E-state index >= 15 is 0 Å². The monoisotopic (exact) mass is 281 g/mol. The number of nitrogens with two attached hydrogens (primary N) is 1. The Bertz CT molecular complexity index is 804. The van der Waals surface area contributed by atoms with Crippen molar-refractivity contribution in [3.05, 3.63) is 47.4 Å². The van der Waals surface area contributed by atoms with Gasteiger partial charge >= 0.3 is 0 Å². The molecule has 1 atom stereocenters. The second-order valence-electron chi connectivity index (χ2n) is 5.31. The van der Waals surface area contributed by atoms with Gasteiger partial charge in [-0.1, -0.05) is 29.4 Å². The minimum atomic E-state index is 0.205. The first kappa shape index (κ1) is 12.1. The van der Waals surface area contributed by atoms with Gasteiger partial charge in [-0.15, -0.1) is 0 Å². The Morgan fingerprint density at radius 3 is 3.00 bits per heavy atom. The van der Waals surface area contributed by atoms with Gasteiger partial charge in [0.1, 0.15) is 11.4 Å². The highest BCUT2D eigenvalue weighted by atomic mass is 16.5. The molecule has 0 aliphatic heterocycles. The number of rotatable bonds is 2. The molecule has 0 amide bonds. The third-order valence-corrected chi connectivity index (χ3v) is 4.10. The molecule has 0 saturated carbocycles. The number of aromatic nitrogens is 4. The van der Waals surface area contributed by atoms with Gasteiger partial charge in [0, 0.05) is 13.0 Å². The third-order valence-electron chi connectivity index (χ3n) is 4.10. The first-order valence-electron chi connectivity index (χ1n) is 6.93. The summed E-state index contributed by atoms with van der Waals surface area (Å²) in [5, 5.41) is 8.24. The van der Waals surface area contributed by atoms with Crippen LogP contribution in [0.4, 0.5) is 5.82 Å². The molecule has 6 nitrogen and oxygen atoms in total. The minimum absolute atomic E-state index is 0.205. The number of hydrogen-bond acceptors (Lipinski definition) is 5. The summed E-state index contributed by atoms with van der Waals surface area (Å²) in [7, 11) is 1.78. The molecule has 0 bridgehead atoms. The molecular formula is C15H15N5O. The van der Waals surface area contributed by atoms with E-state index in [1.54, 1.807) is 17.9 Å². The molecule has 0 spiro atoms. The zero-order valence-corrected chi connectivity index (χ0v) is 11.7. The van der Waals surface area contributed by atoms with E-state index in [9.17, 15) is 0 Å². The van der Waals surface area contributed by atoms with Crippen molar-refractivity contribution in [2.45, 2.75) is 18.8 Å². The van der Waals surface area contributed by atoms with Crippen molar-refractivity contribution in [3.8, 4) is 11.5 Å². The average molecular weight is 281 g/mol. The molecule has 2 heterocycles. The molecule has 3 aromatic rings. The van der Waals surface area contributed by atoms with Gasteiger partial charge in [-0.25, -0.2) is 0 Å². The summed E-state index contributed by atoms with van der Waals surface area (Å²) in [4.78, 5) is 4.52. The fraction of sp³-hybridized carbons (Fsp3) is 0.267. The lowest BCUT2D eigenvalue weighted by molar-refractivity contribution is 0.419. The van der Waals surface area contributed by atoms with Crippen LogP contribution in [0.1, 0.15) is 29.3 Å². The van der Waals surface area contributed by atoms with Gasteiger partial charge in [0.15, 0.2) is 5.82 Å². The Morgan fingerprint density at radius 1 is 1.33 bits per heavy atom. The van der Waals surface area contributed by atoms with Crippen LogP contribution < -0.4 is 5.73 Å². The van der Waals surface area contributed by atoms with Crippen LogP contribution in [0.25, 0.3) is 11.5 Å². The minimum Gasteiger partial charge on any atom is -0.383 e. The largest absolute Gasteiger partial charge is 0.383 e. The smallest absolute Gasteiger partial charge is 0.263 e. The second kappa shape index (κ2) is 4.44. The van der Waals surface area contributed by atoms with Crippen LogP contribution in [0.2, 0.25) is 0 Å². The number of nitrogen functional groups attached to an aromatic ring is 1. The molecule has 0 saturated heterocycles. The predicted molar refractivity (Wildman–Crippen MR) is 77.5 cm³/mol. The molecule has 1 aliphatic carbocycles. The summed E-state index contributed by atoms with van der Waals surface area (Å²) >= 11 is 0. The normalized spacial score (nSPS) is 17.1. The van der Waals surface area contributed by atoms with Crippen LogP contribution in [-0.2, 0) is 13.5 Å². The number of hydrogen-bond donors (Lipinski definition) is 1. The topological polar surface area (TPSA) is 82.8 Å². The maximum Gasteiger partial charge on any atom is 0.263 e. The van der Waals surface area contributed by atoms with Crippen molar-refractivity contribution in [1.82, 2.24) is 19.9 Å². The Kier molecular flexibility index (Phi) is 2.57. The fourth-order valence-corrected chi connectivity index (χ4v) is 2.92. The van der Waals surface area contributed by atoms with E-state index in [-0.39, 0.29) is 5.92 Å². The second-order valence-corrected chi connectivity index (χ2v) is 5.31. The summed E-state index contributed by atoms with van der Waals surface area (Å²) < 4.78 is 6.97. The summed E-state index contributed by atoms with van der Waals surface area (Å²) in [5.41, 5.74) is 9.29. The lowest BCUT2D eigenvalue weighted by atomic mass is 10.0. The van der Waals surface area contributed by atoms with Gasteiger partial charge in [0.05, 0.1) is 6.20 Å². The number of anilines is 1. The van der Waals surface area contributed by atoms with Gasteiger partial charge in [-0.3, -0.25) is 4.68 Å². The average Bonchev–Trinajstić information content (AvgIpc) is 3.19. The summed E-state index contributed by atoms with van der Waals surface area (Å²) in [5.74, 6) is 1.88. The molecule has 2 aromatic heterocycles. The highest BCUT2D eigenvalue weighted by Crippen LogP contribution is 2.37. The Balaban J connectivity index is 1.71. The number of benzene rings is 1. The first-order valence-corrected chi connectivity index (χ1v) is 6.93. The molecule has 1 aliphatic rings. The standard InChI is InChI=1S/C15H15N5O/c1-20-13(16)12(8-17-20)15-18-14(19-21-15)11-7-6-9-4-2-3-5-10(9)11/h2-5,8,11H,6-7,16H2,1H3. The zero-order valence-electron chi connectivity index (χ0n) is 11.7. The van der Waals surface area contributed by atoms with Gasteiger partial charge in [0.25, 0.3) is 5.89 Å². The molecule has 106 valence electrons. The first-order chi connectivity index (χ1) is 10.2. The van der Waals surface area contributed by atoms with Crippen molar-refractivity contribution in [2.24, 2.45) is 7.05 Å². The van der Waals surface area contributed by atoms with E-state index in [4.69, 9.17) is 10.3 Å². The molecule has 1 unspecified atom stereocenters. The summed E-state index contributed by atoms with van der Waals surface area (Å²) in [6.07, 6.45) is 3.72. The highest BCUT2D eigenvalue weighted by Gasteiger charge is 2.28. The summed E-state index contributed by atoms with van der Waals surface area (Å²) in [6.45, 7) is 0. The molecule has 4 rings (SSSR count). The molecule has 1 aromatic carbocycles. The van der Waals surface area contributed by atoms with Gasteiger partial charge < -0.3 is 10.3 Å². The fourth-order valence-electron chi connectivity index (χ4n) is 2.92. The lowest BCUT2D eigenvalue weighted by Gasteiger charge is -2.05.